The third-order valence-electron chi connectivity index (χ3n) is 3.28. The number of carbonyl (C=O) groups is 1. The van der Waals surface area contributed by atoms with Crippen LogP contribution in [-0.2, 0) is 4.79 Å². The van der Waals surface area contributed by atoms with Crippen LogP contribution in [0.3, 0.4) is 0 Å². The molecule has 0 radical (unpaired) electrons. The standard InChI is InChI=1S/C11H21NO/c1-4-10-6-5-7-12(9-13)11(2,3)8-10/h9-10H,4-8H2,1-3H3. The summed E-state index contributed by atoms with van der Waals surface area (Å²) in [7, 11) is 0. The number of rotatable bonds is 2. The van der Waals surface area contributed by atoms with Crippen molar-refractivity contribution in [2.75, 3.05) is 6.54 Å². The summed E-state index contributed by atoms with van der Waals surface area (Å²) in [6.07, 6.45) is 5.86. The van der Waals surface area contributed by atoms with Gasteiger partial charge in [-0.3, -0.25) is 4.79 Å². The van der Waals surface area contributed by atoms with Gasteiger partial charge in [0.2, 0.25) is 6.41 Å². The van der Waals surface area contributed by atoms with Crippen molar-refractivity contribution >= 4 is 6.41 Å². The smallest absolute Gasteiger partial charge is 0.210 e. The molecule has 0 aliphatic carbocycles. The third kappa shape index (κ3) is 2.45. The van der Waals surface area contributed by atoms with Crippen LogP contribution < -0.4 is 0 Å². The Kier molecular flexibility index (Phi) is 3.34. The minimum atomic E-state index is 0.0684. The van der Waals surface area contributed by atoms with E-state index in [1.807, 2.05) is 4.90 Å². The quantitative estimate of drug-likeness (QED) is 0.602. The number of likely N-dealkylation sites (tertiary alicyclic amines) is 1. The molecule has 1 unspecified atom stereocenters. The lowest BCUT2D eigenvalue weighted by molar-refractivity contribution is -0.122. The Hall–Kier alpha value is -0.530. The Balaban J connectivity index is 2.68. The second-order valence-electron chi connectivity index (χ2n) is 4.73. The van der Waals surface area contributed by atoms with Gasteiger partial charge in [0.25, 0.3) is 0 Å². The molecule has 1 amide bonds. The number of hydrogen-bond donors (Lipinski definition) is 0. The van der Waals surface area contributed by atoms with Crippen LogP contribution >= 0.6 is 0 Å². The average Bonchev–Trinajstić information content (AvgIpc) is 2.22. The first-order chi connectivity index (χ1) is 6.10. The molecule has 0 aromatic heterocycles. The first kappa shape index (κ1) is 10.6. The fourth-order valence-electron chi connectivity index (χ4n) is 2.32. The van der Waals surface area contributed by atoms with Gasteiger partial charge in [-0.15, -0.1) is 0 Å². The molecule has 0 saturated carbocycles. The van der Waals surface area contributed by atoms with Gasteiger partial charge >= 0.3 is 0 Å². The Bertz CT molecular complexity index is 177. The Labute approximate surface area is 81.3 Å². The Morgan fingerprint density at radius 3 is 2.77 bits per heavy atom. The van der Waals surface area contributed by atoms with Crippen molar-refractivity contribution in [2.24, 2.45) is 5.92 Å². The molecular weight excluding hydrogens is 162 g/mol. The molecule has 1 atom stereocenters. The maximum absolute atomic E-state index is 10.8. The summed E-state index contributed by atoms with van der Waals surface area (Å²) in [4.78, 5) is 12.8. The molecule has 1 heterocycles. The molecule has 76 valence electrons. The normalized spacial score (nSPS) is 28.2. The van der Waals surface area contributed by atoms with Crippen molar-refractivity contribution < 1.29 is 4.79 Å². The van der Waals surface area contributed by atoms with Crippen LogP contribution in [0, 0.1) is 5.92 Å². The summed E-state index contributed by atoms with van der Waals surface area (Å²) in [5, 5.41) is 0. The molecule has 2 nitrogen and oxygen atoms in total. The van der Waals surface area contributed by atoms with E-state index in [-0.39, 0.29) is 5.54 Å². The van der Waals surface area contributed by atoms with Crippen LogP contribution in [0.4, 0.5) is 0 Å². The average molecular weight is 183 g/mol. The first-order valence-electron chi connectivity index (χ1n) is 5.32. The van der Waals surface area contributed by atoms with Crippen molar-refractivity contribution in [3.8, 4) is 0 Å². The van der Waals surface area contributed by atoms with Gasteiger partial charge in [0.15, 0.2) is 0 Å². The second-order valence-corrected chi connectivity index (χ2v) is 4.73. The van der Waals surface area contributed by atoms with Crippen LogP contribution in [0.15, 0.2) is 0 Å². The van der Waals surface area contributed by atoms with E-state index >= 15 is 0 Å². The molecule has 0 spiro atoms. The monoisotopic (exact) mass is 183 g/mol. The molecule has 1 fully saturated rings. The molecule has 0 aromatic carbocycles. The number of amides is 1. The molecule has 1 aliphatic heterocycles. The van der Waals surface area contributed by atoms with Crippen molar-refractivity contribution in [1.29, 1.82) is 0 Å². The van der Waals surface area contributed by atoms with Crippen LogP contribution in [0.5, 0.6) is 0 Å². The highest BCUT2D eigenvalue weighted by Gasteiger charge is 2.30. The molecule has 13 heavy (non-hydrogen) atoms. The summed E-state index contributed by atoms with van der Waals surface area (Å²) in [6, 6.07) is 0. The molecule has 1 saturated heterocycles. The SMILES string of the molecule is CCC1CCCN(C=O)C(C)(C)C1. The van der Waals surface area contributed by atoms with E-state index in [0.717, 1.165) is 25.3 Å². The molecular formula is C11H21NO. The summed E-state index contributed by atoms with van der Waals surface area (Å²) >= 11 is 0. The molecule has 0 N–H and O–H groups in total. The summed E-state index contributed by atoms with van der Waals surface area (Å²) in [6.45, 7) is 7.54. The fourth-order valence-corrected chi connectivity index (χ4v) is 2.32. The maximum atomic E-state index is 10.8. The van der Waals surface area contributed by atoms with E-state index in [1.165, 1.54) is 19.3 Å². The van der Waals surface area contributed by atoms with Gasteiger partial charge in [-0.1, -0.05) is 13.3 Å². The second kappa shape index (κ2) is 4.12. The Morgan fingerprint density at radius 1 is 1.54 bits per heavy atom. The van der Waals surface area contributed by atoms with Gasteiger partial charge in [-0.2, -0.15) is 0 Å². The molecule has 0 aromatic rings. The minimum Gasteiger partial charge on any atom is -0.340 e. The van der Waals surface area contributed by atoms with E-state index in [4.69, 9.17) is 0 Å². The van der Waals surface area contributed by atoms with Crippen LogP contribution in [0.25, 0.3) is 0 Å². The number of hydrogen-bond acceptors (Lipinski definition) is 1. The zero-order chi connectivity index (χ0) is 9.90. The van der Waals surface area contributed by atoms with E-state index in [9.17, 15) is 4.79 Å². The van der Waals surface area contributed by atoms with Gasteiger partial charge in [0.05, 0.1) is 0 Å². The Morgan fingerprint density at radius 2 is 2.23 bits per heavy atom. The predicted molar refractivity (Wildman–Crippen MR) is 54.5 cm³/mol. The third-order valence-corrected chi connectivity index (χ3v) is 3.28. The maximum Gasteiger partial charge on any atom is 0.210 e. The van der Waals surface area contributed by atoms with Gasteiger partial charge in [-0.05, 0) is 39.0 Å². The summed E-state index contributed by atoms with van der Waals surface area (Å²) in [5.74, 6) is 0.806. The van der Waals surface area contributed by atoms with Gasteiger partial charge in [-0.25, -0.2) is 0 Å². The lowest BCUT2D eigenvalue weighted by Crippen LogP contribution is -2.43. The van der Waals surface area contributed by atoms with E-state index in [0.29, 0.717) is 0 Å². The van der Waals surface area contributed by atoms with Gasteiger partial charge in [0.1, 0.15) is 0 Å². The fraction of sp³-hybridized carbons (Fsp3) is 0.909. The summed E-state index contributed by atoms with van der Waals surface area (Å²) in [5.41, 5.74) is 0.0684. The first-order valence-corrected chi connectivity index (χ1v) is 5.32. The van der Waals surface area contributed by atoms with Crippen molar-refractivity contribution in [3.05, 3.63) is 0 Å². The highest BCUT2D eigenvalue weighted by Crippen LogP contribution is 2.30. The zero-order valence-corrected chi connectivity index (χ0v) is 9.05. The predicted octanol–water partition coefficient (Wildman–Crippen LogP) is 2.43. The van der Waals surface area contributed by atoms with E-state index < -0.39 is 0 Å². The molecule has 2 heteroatoms. The van der Waals surface area contributed by atoms with Crippen molar-refractivity contribution in [3.63, 3.8) is 0 Å². The lowest BCUT2D eigenvalue weighted by Gasteiger charge is -2.35. The lowest BCUT2D eigenvalue weighted by atomic mass is 9.87. The van der Waals surface area contributed by atoms with Crippen LogP contribution in [0.2, 0.25) is 0 Å². The van der Waals surface area contributed by atoms with E-state index in [1.54, 1.807) is 0 Å². The van der Waals surface area contributed by atoms with Crippen LogP contribution in [0.1, 0.15) is 46.5 Å². The van der Waals surface area contributed by atoms with E-state index in [2.05, 4.69) is 20.8 Å². The number of nitrogens with zero attached hydrogens (tertiary/aromatic N) is 1. The zero-order valence-electron chi connectivity index (χ0n) is 9.05. The highest BCUT2D eigenvalue weighted by molar-refractivity contribution is 5.48. The van der Waals surface area contributed by atoms with Gasteiger partial charge in [0, 0.05) is 12.1 Å². The largest absolute Gasteiger partial charge is 0.340 e. The highest BCUT2D eigenvalue weighted by atomic mass is 16.1. The van der Waals surface area contributed by atoms with Crippen molar-refractivity contribution in [1.82, 2.24) is 4.90 Å². The summed E-state index contributed by atoms with van der Waals surface area (Å²) < 4.78 is 0. The minimum absolute atomic E-state index is 0.0684. The topological polar surface area (TPSA) is 20.3 Å². The molecule has 1 rings (SSSR count). The van der Waals surface area contributed by atoms with Crippen LogP contribution in [-0.4, -0.2) is 23.4 Å². The molecule has 1 aliphatic rings. The molecule has 0 bridgehead atoms. The number of carbonyl (C=O) groups excluding carboxylic acids is 1. The van der Waals surface area contributed by atoms with Gasteiger partial charge < -0.3 is 4.90 Å². The van der Waals surface area contributed by atoms with Crippen molar-refractivity contribution in [2.45, 2.75) is 52.0 Å².